The Morgan fingerprint density at radius 2 is 1.56 bits per heavy atom. The van der Waals surface area contributed by atoms with Crippen LogP contribution in [-0.4, -0.2) is 65.1 Å². The lowest BCUT2D eigenvalue weighted by Gasteiger charge is -2.44. The topological polar surface area (TPSA) is 44.7 Å². The van der Waals surface area contributed by atoms with Gasteiger partial charge in [0.25, 0.3) is 0 Å². The highest BCUT2D eigenvalue weighted by molar-refractivity contribution is 5.46. The summed E-state index contributed by atoms with van der Waals surface area (Å²) in [5.74, 6) is 0.771. The third-order valence-electron chi connectivity index (χ3n) is 6.51. The highest BCUT2D eigenvalue weighted by Crippen LogP contribution is 2.23. The summed E-state index contributed by atoms with van der Waals surface area (Å²) in [5.41, 5.74) is 2.67. The van der Waals surface area contributed by atoms with Gasteiger partial charge in [-0.3, -0.25) is 9.80 Å². The maximum absolute atomic E-state index is 5.71. The zero-order valence-corrected chi connectivity index (χ0v) is 18.5. The van der Waals surface area contributed by atoms with Crippen molar-refractivity contribution in [3.63, 3.8) is 0 Å². The predicted molar refractivity (Wildman–Crippen MR) is 127 cm³/mol. The summed E-state index contributed by atoms with van der Waals surface area (Å²) in [4.78, 5) is 16.1. The largest absolute Gasteiger partial charge is 0.424 e. The molecule has 32 heavy (non-hydrogen) atoms. The average Bonchev–Trinajstić information content (AvgIpc) is 2.87. The van der Waals surface area contributed by atoms with Crippen molar-refractivity contribution in [2.24, 2.45) is 0 Å². The number of aromatic nitrogens is 2. The summed E-state index contributed by atoms with van der Waals surface area (Å²) in [5, 5.41) is 0. The molecule has 5 rings (SSSR count). The van der Waals surface area contributed by atoms with Gasteiger partial charge >= 0.3 is 6.01 Å². The first-order valence-corrected chi connectivity index (χ1v) is 11.6. The van der Waals surface area contributed by atoms with Crippen molar-refractivity contribution in [1.29, 1.82) is 0 Å². The van der Waals surface area contributed by atoms with Crippen molar-refractivity contribution in [3.8, 4) is 11.8 Å². The van der Waals surface area contributed by atoms with E-state index in [1.54, 1.807) is 18.5 Å². The van der Waals surface area contributed by atoms with Crippen molar-refractivity contribution in [3.05, 3.63) is 78.6 Å². The van der Waals surface area contributed by atoms with Crippen LogP contribution in [0.1, 0.15) is 18.4 Å². The third-order valence-corrected chi connectivity index (χ3v) is 6.51. The molecule has 3 aromatic rings. The van der Waals surface area contributed by atoms with Crippen LogP contribution in [0.25, 0.3) is 0 Å². The molecule has 0 bridgehead atoms. The molecule has 0 aliphatic carbocycles. The van der Waals surface area contributed by atoms with Crippen LogP contribution in [0.2, 0.25) is 0 Å². The normalized spacial score (nSPS) is 20.2. The second-order valence-corrected chi connectivity index (χ2v) is 8.67. The maximum atomic E-state index is 5.71. The number of benzene rings is 2. The van der Waals surface area contributed by atoms with Gasteiger partial charge in [0.2, 0.25) is 0 Å². The van der Waals surface area contributed by atoms with Crippen molar-refractivity contribution in [2.75, 3.05) is 44.2 Å². The van der Waals surface area contributed by atoms with Gasteiger partial charge in [0.05, 0.1) is 0 Å². The molecule has 0 spiro atoms. The smallest absolute Gasteiger partial charge is 0.321 e. The molecule has 2 aromatic carbocycles. The average molecular weight is 430 g/mol. The van der Waals surface area contributed by atoms with Crippen molar-refractivity contribution in [2.45, 2.75) is 25.4 Å². The number of hydrogen-bond acceptors (Lipinski definition) is 6. The molecule has 6 nitrogen and oxygen atoms in total. The van der Waals surface area contributed by atoms with Gasteiger partial charge in [0.15, 0.2) is 0 Å². The van der Waals surface area contributed by atoms with Gasteiger partial charge in [0, 0.05) is 63.4 Å². The van der Waals surface area contributed by atoms with Crippen molar-refractivity contribution in [1.82, 2.24) is 19.8 Å². The second kappa shape index (κ2) is 10.1. The predicted octanol–water partition coefficient (Wildman–Crippen LogP) is 4.06. The fraction of sp³-hybridized carbons (Fsp3) is 0.385. The Morgan fingerprint density at radius 3 is 2.31 bits per heavy atom. The summed E-state index contributed by atoms with van der Waals surface area (Å²) in [7, 11) is 0. The molecule has 1 aromatic heterocycles. The minimum Gasteiger partial charge on any atom is -0.424 e. The van der Waals surface area contributed by atoms with Gasteiger partial charge in [0.1, 0.15) is 5.75 Å². The van der Waals surface area contributed by atoms with Gasteiger partial charge in [-0.1, -0.05) is 30.3 Å². The summed E-state index contributed by atoms with van der Waals surface area (Å²) in [6.07, 6.45) is 5.96. The van der Waals surface area contributed by atoms with Gasteiger partial charge in [-0.2, -0.15) is 0 Å². The molecule has 2 aliphatic rings. The fourth-order valence-corrected chi connectivity index (χ4v) is 4.82. The number of nitrogens with zero attached hydrogens (tertiary/aromatic N) is 5. The molecular weight excluding hydrogens is 398 g/mol. The Labute approximate surface area is 190 Å². The van der Waals surface area contributed by atoms with Crippen molar-refractivity contribution >= 4 is 5.69 Å². The van der Waals surface area contributed by atoms with Gasteiger partial charge < -0.3 is 9.64 Å². The minimum absolute atomic E-state index is 0.381. The molecule has 2 aliphatic heterocycles. The fourth-order valence-electron chi connectivity index (χ4n) is 4.82. The van der Waals surface area contributed by atoms with Crippen molar-refractivity contribution < 1.29 is 4.74 Å². The number of hydrogen-bond donors (Lipinski definition) is 0. The second-order valence-electron chi connectivity index (χ2n) is 8.67. The number of rotatable bonds is 6. The zero-order chi connectivity index (χ0) is 21.6. The van der Waals surface area contributed by atoms with E-state index in [0.29, 0.717) is 12.1 Å². The van der Waals surface area contributed by atoms with Crippen LogP contribution < -0.4 is 9.64 Å². The molecule has 166 valence electrons. The first-order chi connectivity index (χ1) is 15.8. The van der Waals surface area contributed by atoms with E-state index in [1.807, 2.05) is 12.1 Å². The summed E-state index contributed by atoms with van der Waals surface area (Å²) >= 11 is 0. The van der Waals surface area contributed by atoms with E-state index in [2.05, 4.69) is 67.1 Å². The Morgan fingerprint density at radius 1 is 0.812 bits per heavy atom. The molecule has 0 radical (unpaired) electrons. The van der Waals surface area contributed by atoms with Crippen LogP contribution >= 0.6 is 0 Å². The molecule has 1 atom stereocenters. The number of piperazine rings is 1. The number of ether oxygens (including phenoxy) is 1. The molecule has 3 heterocycles. The highest BCUT2D eigenvalue weighted by atomic mass is 16.5. The maximum Gasteiger partial charge on any atom is 0.321 e. The standard InChI is InChI=1S/C26H31N5O/c1-2-6-23(7-3-1)30-16-18-31(19-17-30)24-8-4-15-29(21-24)20-22-9-11-25(12-10-22)32-26-27-13-5-14-28-26/h1-3,5-7,9-14,24H,4,8,15-21H2/t24-/m1/s1. The minimum atomic E-state index is 0.381. The Bertz CT molecular complexity index is 959. The molecular formula is C26H31N5O. The number of piperidine rings is 1. The van der Waals surface area contributed by atoms with E-state index >= 15 is 0 Å². The van der Waals surface area contributed by atoms with E-state index in [4.69, 9.17) is 4.74 Å². The van der Waals surface area contributed by atoms with E-state index < -0.39 is 0 Å². The van der Waals surface area contributed by atoms with Crippen LogP contribution in [0.15, 0.2) is 73.1 Å². The number of likely N-dealkylation sites (tertiary alicyclic amines) is 1. The Kier molecular flexibility index (Phi) is 6.61. The SMILES string of the molecule is c1ccc(N2CCN([C@@H]3CCCN(Cc4ccc(Oc5ncccn5)cc4)C3)CC2)cc1. The number of anilines is 1. The number of para-hydroxylation sites is 1. The van der Waals surface area contributed by atoms with E-state index in [1.165, 1.54) is 30.6 Å². The van der Waals surface area contributed by atoms with Crippen LogP contribution in [0, 0.1) is 0 Å². The van der Waals surface area contributed by atoms with Crippen LogP contribution in [0.5, 0.6) is 11.8 Å². The highest BCUT2D eigenvalue weighted by Gasteiger charge is 2.28. The summed E-state index contributed by atoms with van der Waals surface area (Å²) < 4.78 is 5.71. The molecule has 0 unspecified atom stereocenters. The van der Waals surface area contributed by atoms with Crippen LogP contribution in [-0.2, 0) is 6.54 Å². The molecule has 0 amide bonds. The quantitative estimate of drug-likeness (QED) is 0.589. The van der Waals surface area contributed by atoms with Gasteiger partial charge in [-0.05, 0) is 55.3 Å². The van der Waals surface area contributed by atoms with E-state index in [9.17, 15) is 0 Å². The lowest BCUT2D eigenvalue weighted by Crippen LogP contribution is -2.55. The molecule has 2 fully saturated rings. The molecule has 0 N–H and O–H groups in total. The lowest BCUT2D eigenvalue weighted by atomic mass is 10.0. The molecule has 0 saturated carbocycles. The third kappa shape index (κ3) is 5.26. The Hall–Kier alpha value is -2.96. The summed E-state index contributed by atoms with van der Waals surface area (Å²) in [6, 6.07) is 22.0. The Balaban J connectivity index is 1.12. The lowest BCUT2D eigenvalue weighted by molar-refractivity contribution is 0.0888. The van der Waals surface area contributed by atoms with Crippen LogP contribution in [0.3, 0.4) is 0 Å². The van der Waals surface area contributed by atoms with Gasteiger partial charge in [-0.15, -0.1) is 0 Å². The summed E-state index contributed by atoms with van der Waals surface area (Å²) in [6.45, 7) is 7.86. The molecule has 6 heteroatoms. The molecule has 2 saturated heterocycles. The van der Waals surface area contributed by atoms with Gasteiger partial charge in [-0.25, -0.2) is 9.97 Å². The van der Waals surface area contributed by atoms with Crippen LogP contribution in [0.4, 0.5) is 5.69 Å². The first kappa shape index (κ1) is 20.9. The first-order valence-electron chi connectivity index (χ1n) is 11.6. The van der Waals surface area contributed by atoms with E-state index in [-0.39, 0.29) is 0 Å². The van der Waals surface area contributed by atoms with E-state index in [0.717, 1.165) is 45.0 Å². The zero-order valence-electron chi connectivity index (χ0n) is 18.5. The monoisotopic (exact) mass is 429 g/mol.